The van der Waals surface area contributed by atoms with E-state index in [2.05, 4.69) is 32.7 Å². The lowest BCUT2D eigenvalue weighted by Gasteiger charge is -2.28. The molecule has 1 aromatic rings. The first kappa shape index (κ1) is 12.3. The fourth-order valence-corrected chi connectivity index (χ4v) is 2.14. The van der Waals surface area contributed by atoms with E-state index in [1.54, 1.807) is 0 Å². The first-order valence-corrected chi connectivity index (χ1v) is 6.16. The summed E-state index contributed by atoms with van der Waals surface area (Å²) in [4.78, 5) is 2.46. The second-order valence-electron chi connectivity index (χ2n) is 4.51. The number of nitrogens with zero attached hydrogens (tertiary/aromatic N) is 3. The Morgan fingerprint density at radius 2 is 1.94 bits per heavy atom. The summed E-state index contributed by atoms with van der Waals surface area (Å²) in [7, 11) is 1.90. The van der Waals surface area contributed by atoms with Gasteiger partial charge in [-0.2, -0.15) is 5.10 Å². The maximum Gasteiger partial charge on any atom is 0.153 e. The summed E-state index contributed by atoms with van der Waals surface area (Å²) in [5, 5.41) is 14.9. The van der Waals surface area contributed by atoms with E-state index in [9.17, 15) is 0 Å². The zero-order valence-corrected chi connectivity index (χ0v) is 10.9. The molecule has 1 saturated heterocycles. The van der Waals surface area contributed by atoms with Gasteiger partial charge in [-0.3, -0.25) is 4.90 Å². The molecule has 1 aliphatic heterocycles. The summed E-state index contributed by atoms with van der Waals surface area (Å²) in [5.74, 6) is 0.909. The van der Waals surface area contributed by atoms with Crippen molar-refractivity contribution in [3.05, 3.63) is 16.8 Å². The monoisotopic (exact) mass is 235 g/mol. The van der Waals surface area contributed by atoms with Gasteiger partial charge in [0.15, 0.2) is 5.82 Å². The van der Waals surface area contributed by atoms with Crippen LogP contribution in [-0.4, -0.2) is 48.3 Å². The average Bonchev–Trinajstić information content (AvgIpc) is 2.37. The highest BCUT2D eigenvalue weighted by atomic mass is 15.2. The molecule has 1 fully saturated rings. The Labute approximate surface area is 103 Å². The predicted octanol–water partition coefficient (Wildman–Crippen LogP) is 0.540. The molecule has 2 rings (SSSR count). The summed E-state index contributed by atoms with van der Waals surface area (Å²) in [6.45, 7) is 9.45. The van der Waals surface area contributed by atoms with Crippen LogP contribution < -0.4 is 10.6 Å². The molecule has 1 aromatic heterocycles. The van der Waals surface area contributed by atoms with Crippen molar-refractivity contribution in [3.63, 3.8) is 0 Å². The number of anilines is 1. The Morgan fingerprint density at radius 3 is 2.59 bits per heavy atom. The van der Waals surface area contributed by atoms with Crippen molar-refractivity contribution in [2.45, 2.75) is 20.4 Å². The molecule has 1 aliphatic rings. The number of aryl methyl sites for hydroxylation is 1. The van der Waals surface area contributed by atoms with Crippen LogP contribution in [0.5, 0.6) is 0 Å². The first-order chi connectivity index (χ1) is 8.22. The Balaban J connectivity index is 2.20. The molecule has 5 nitrogen and oxygen atoms in total. The van der Waals surface area contributed by atoms with E-state index >= 15 is 0 Å². The molecule has 2 N–H and O–H groups in total. The summed E-state index contributed by atoms with van der Waals surface area (Å²) < 4.78 is 0. The Morgan fingerprint density at radius 1 is 1.24 bits per heavy atom. The molecule has 0 spiro atoms. The molecule has 0 saturated carbocycles. The fraction of sp³-hybridized carbons (Fsp3) is 0.667. The van der Waals surface area contributed by atoms with Crippen molar-refractivity contribution in [2.75, 3.05) is 38.5 Å². The number of hydrogen-bond acceptors (Lipinski definition) is 5. The minimum atomic E-state index is 0.909. The van der Waals surface area contributed by atoms with Crippen LogP contribution in [0.4, 0.5) is 5.82 Å². The van der Waals surface area contributed by atoms with Crippen LogP contribution in [-0.2, 0) is 6.54 Å². The normalized spacial score (nSPS) is 17.1. The Hall–Kier alpha value is -1.20. The third-order valence-corrected chi connectivity index (χ3v) is 3.41. The van der Waals surface area contributed by atoms with Gasteiger partial charge >= 0.3 is 0 Å². The molecule has 17 heavy (non-hydrogen) atoms. The van der Waals surface area contributed by atoms with Crippen molar-refractivity contribution < 1.29 is 0 Å². The maximum atomic E-state index is 4.22. The van der Waals surface area contributed by atoms with Gasteiger partial charge in [-0.1, -0.05) is 0 Å². The standard InChI is InChI=1S/C12H21N5/c1-9-10(2)15-16-12(13-3)11(9)8-17-6-4-14-5-7-17/h14H,4-8H2,1-3H3,(H,13,16). The van der Waals surface area contributed by atoms with Crippen LogP contribution in [0.1, 0.15) is 16.8 Å². The van der Waals surface area contributed by atoms with Crippen LogP contribution >= 0.6 is 0 Å². The third-order valence-electron chi connectivity index (χ3n) is 3.41. The van der Waals surface area contributed by atoms with Crippen LogP contribution in [0.3, 0.4) is 0 Å². The zero-order valence-electron chi connectivity index (χ0n) is 10.9. The van der Waals surface area contributed by atoms with Crippen molar-refractivity contribution in [1.82, 2.24) is 20.4 Å². The lowest BCUT2D eigenvalue weighted by Crippen LogP contribution is -2.43. The van der Waals surface area contributed by atoms with Crippen LogP contribution in [0.15, 0.2) is 0 Å². The molecule has 94 valence electrons. The van der Waals surface area contributed by atoms with Crippen molar-refractivity contribution in [1.29, 1.82) is 0 Å². The molecule has 0 amide bonds. The van der Waals surface area contributed by atoms with Gasteiger partial charge in [-0.05, 0) is 19.4 Å². The van der Waals surface area contributed by atoms with Gasteiger partial charge in [0.1, 0.15) is 0 Å². The van der Waals surface area contributed by atoms with Crippen molar-refractivity contribution >= 4 is 5.82 Å². The lowest BCUT2D eigenvalue weighted by molar-refractivity contribution is 0.233. The molecule has 0 aromatic carbocycles. The summed E-state index contributed by atoms with van der Waals surface area (Å²) in [5.41, 5.74) is 3.55. The van der Waals surface area contributed by atoms with Gasteiger partial charge in [-0.15, -0.1) is 5.10 Å². The van der Waals surface area contributed by atoms with E-state index in [1.165, 1.54) is 11.1 Å². The second-order valence-corrected chi connectivity index (χ2v) is 4.51. The van der Waals surface area contributed by atoms with Crippen LogP contribution in [0.25, 0.3) is 0 Å². The van der Waals surface area contributed by atoms with Gasteiger partial charge in [0, 0.05) is 45.3 Å². The predicted molar refractivity (Wildman–Crippen MR) is 69.2 cm³/mol. The topological polar surface area (TPSA) is 53.1 Å². The highest BCUT2D eigenvalue weighted by molar-refractivity contribution is 5.47. The molecule has 5 heteroatoms. The number of rotatable bonds is 3. The van der Waals surface area contributed by atoms with E-state index in [0.29, 0.717) is 0 Å². The zero-order chi connectivity index (χ0) is 12.3. The van der Waals surface area contributed by atoms with E-state index in [0.717, 1.165) is 44.2 Å². The minimum absolute atomic E-state index is 0.909. The lowest BCUT2D eigenvalue weighted by atomic mass is 10.1. The first-order valence-electron chi connectivity index (χ1n) is 6.16. The third kappa shape index (κ3) is 2.73. The number of nitrogens with one attached hydrogen (secondary N) is 2. The van der Waals surface area contributed by atoms with E-state index in [-0.39, 0.29) is 0 Å². The van der Waals surface area contributed by atoms with Crippen LogP contribution in [0, 0.1) is 13.8 Å². The highest BCUT2D eigenvalue weighted by Crippen LogP contribution is 2.20. The van der Waals surface area contributed by atoms with Gasteiger partial charge in [0.25, 0.3) is 0 Å². The number of hydrogen-bond donors (Lipinski definition) is 2. The van der Waals surface area contributed by atoms with Gasteiger partial charge < -0.3 is 10.6 Å². The molecule has 0 radical (unpaired) electrons. The molecule has 0 atom stereocenters. The molecule has 0 aliphatic carbocycles. The van der Waals surface area contributed by atoms with Crippen molar-refractivity contribution in [2.24, 2.45) is 0 Å². The Kier molecular flexibility index (Phi) is 3.91. The summed E-state index contributed by atoms with van der Waals surface area (Å²) in [6, 6.07) is 0. The fourth-order valence-electron chi connectivity index (χ4n) is 2.14. The Bertz CT molecular complexity index is 385. The van der Waals surface area contributed by atoms with Crippen LogP contribution in [0.2, 0.25) is 0 Å². The molecular formula is C12H21N5. The summed E-state index contributed by atoms with van der Waals surface area (Å²) >= 11 is 0. The highest BCUT2D eigenvalue weighted by Gasteiger charge is 2.15. The largest absolute Gasteiger partial charge is 0.371 e. The quantitative estimate of drug-likeness (QED) is 0.801. The summed E-state index contributed by atoms with van der Waals surface area (Å²) in [6.07, 6.45) is 0. The van der Waals surface area contributed by atoms with E-state index in [1.807, 2.05) is 14.0 Å². The number of aromatic nitrogens is 2. The van der Waals surface area contributed by atoms with Gasteiger partial charge in [0.05, 0.1) is 5.69 Å². The van der Waals surface area contributed by atoms with E-state index < -0.39 is 0 Å². The average molecular weight is 235 g/mol. The minimum Gasteiger partial charge on any atom is -0.371 e. The molecule has 0 bridgehead atoms. The maximum absolute atomic E-state index is 4.22. The smallest absolute Gasteiger partial charge is 0.153 e. The molecule has 0 unspecified atom stereocenters. The van der Waals surface area contributed by atoms with Gasteiger partial charge in [-0.25, -0.2) is 0 Å². The van der Waals surface area contributed by atoms with Crippen molar-refractivity contribution in [3.8, 4) is 0 Å². The molecular weight excluding hydrogens is 214 g/mol. The van der Waals surface area contributed by atoms with E-state index in [4.69, 9.17) is 0 Å². The van der Waals surface area contributed by atoms with Gasteiger partial charge in [0.2, 0.25) is 0 Å². The SMILES string of the molecule is CNc1nnc(C)c(C)c1CN1CCNCC1. The second kappa shape index (κ2) is 5.42. The molecule has 2 heterocycles. The number of piperazine rings is 1.